The molecule has 1 aliphatic rings. The van der Waals surface area contributed by atoms with Crippen molar-refractivity contribution in [2.75, 3.05) is 51.1 Å². The lowest BCUT2D eigenvalue weighted by Crippen LogP contribution is -2.49. The van der Waals surface area contributed by atoms with Gasteiger partial charge in [0.2, 0.25) is 11.8 Å². The fraction of sp³-hybridized carbons (Fsp3) is 0.364. The molecule has 3 rings (SSSR count). The molecule has 2 N–H and O–H groups in total. The highest BCUT2D eigenvalue weighted by Crippen LogP contribution is 2.23. The van der Waals surface area contributed by atoms with Crippen LogP contribution in [0.2, 0.25) is 0 Å². The molecule has 6 heteroatoms. The Labute approximate surface area is 166 Å². The number of nitrogens with zero attached hydrogens (tertiary/aromatic N) is 2. The number of amides is 2. The molecule has 1 fully saturated rings. The van der Waals surface area contributed by atoms with Crippen molar-refractivity contribution in [3.63, 3.8) is 0 Å². The first-order valence-electron chi connectivity index (χ1n) is 9.75. The predicted octanol–water partition coefficient (Wildman–Crippen LogP) is 2.09. The van der Waals surface area contributed by atoms with Crippen LogP contribution in [0, 0.1) is 0 Å². The molecule has 1 heterocycles. The quantitative estimate of drug-likeness (QED) is 0.689. The third-order valence-corrected chi connectivity index (χ3v) is 4.99. The molecule has 0 bridgehead atoms. The van der Waals surface area contributed by atoms with E-state index in [-0.39, 0.29) is 11.8 Å². The predicted molar refractivity (Wildman–Crippen MR) is 113 cm³/mol. The number of fused-ring (bicyclic) bond motifs is 1. The summed E-state index contributed by atoms with van der Waals surface area (Å²) in [6.07, 6.45) is 2.14. The van der Waals surface area contributed by atoms with E-state index in [1.807, 2.05) is 42.5 Å². The third-order valence-electron chi connectivity index (χ3n) is 4.99. The molecule has 0 unspecified atom stereocenters. The first kappa shape index (κ1) is 20.0. The van der Waals surface area contributed by atoms with Crippen LogP contribution in [0.5, 0.6) is 0 Å². The van der Waals surface area contributed by atoms with Crippen molar-refractivity contribution >= 4 is 28.3 Å². The third kappa shape index (κ3) is 5.65. The fourth-order valence-corrected chi connectivity index (χ4v) is 3.42. The average Bonchev–Trinajstić information content (AvgIpc) is 2.72. The molecule has 1 aliphatic heterocycles. The van der Waals surface area contributed by atoms with Gasteiger partial charge >= 0.3 is 0 Å². The summed E-state index contributed by atoms with van der Waals surface area (Å²) in [5, 5.41) is 8.02. The Balaban J connectivity index is 1.41. The zero-order chi connectivity index (χ0) is 19.8. The van der Waals surface area contributed by atoms with E-state index >= 15 is 0 Å². The summed E-state index contributed by atoms with van der Waals surface area (Å²) in [5.41, 5.74) is 0.860. The van der Waals surface area contributed by atoms with Gasteiger partial charge in [0.05, 0.1) is 6.54 Å². The highest BCUT2D eigenvalue weighted by Gasteiger charge is 2.19. The van der Waals surface area contributed by atoms with Crippen molar-refractivity contribution in [2.24, 2.45) is 0 Å². The number of anilines is 1. The topological polar surface area (TPSA) is 64.7 Å². The van der Waals surface area contributed by atoms with Gasteiger partial charge in [-0.15, -0.1) is 6.58 Å². The normalized spacial score (nSPS) is 15.3. The Bertz CT molecular complexity index is 823. The number of hydrogen-bond donors (Lipinski definition) is 2. The van der Waals surface area contributed by atoms with Crippen molar-refractivity contribution in [1.82, 2.24) is 15.1 Å². The van der Waals surface area contributed by atoms with E-state index in [9.17, 15) is 9.59 Å². The molecule has 6 nitrogen and oxygen atoms in total. The molecule has 148 valence electrons. The van der Waals surface area contributed by atoms with Crippen molar-refractivity contribution in [3.05, 3.63) is 55.1 Å². The van der Waals surface area contributed by atoms with Gasteiger partial charge in [-0.25, -0.2) is 0 Å². The van der Waals surface area contributed by atoms with Crippen LogP contribution < -0.4 is 10.6 Å². The monoisotopic (exact) mass is 380 g/mol. The molecule has 2 amide bonds. The molecule has 0 aliphatic carbocycles. The molecular formula is C22H28N4O2. The minimum atomic E-state index is 0.0302. The van der Waals surface area contributed by atoms with Crippen molar-refractivity contribution in [2.45, 2.75) is 6.42 Å². The van der Waals surface area contributed by atoms with E-state index < -0.39 is 0 Å². The number of carbonyl (C=O) groups is 2. The van der Waals surface area contributed by atoms with Crippen LogP contribution in [0.1, 0.15) is 6.42 Å². The minimum absolute atomic E-state index is 0.0302. The molecular weight excluding hydrogens is 352 g/mol. The molecule has 28 heavy (non-hydrogen) atoms. The van der Waals surface area contributed by atoms with Crippen LogP contribution >= 0.6 is 0 Å². The second-order valence-electron chi connectivity index (χ2n) is 7.04. The van der Waals surface area contributed by atoms with Gasteiger partial charge in [-0.05, 0) is 11.5 Å². The van der Waals surface area contributed by atoms with Crippen LogP contribution in [0.4, 0.5) is 5.69 Å². The highest BCUT2D eigenvalue weighted by molar-refractivity contribution is 6.02. The molecule has 0 aromatic heterocycles. The van der Waals surface area contributed by atoms with Gasteiger partial charge in [-0.2, -0.15) is 0 Å². The number of nitrogens with one attached hydrogen (secondary N) is 2. The Kier molecular flexibility index (Phi) is 7.17. The molecule has 0 radical (unpaired) electrons. The molecule has 0 atom stereocenters. The second kappa shape index (κ2) is 10.0. The number of benzene rings is 2. The van der Waals surface area contributed by atoms with Gasteiger partial charge < -0.3 is 15.5 Å². The molecule has 2 aromatic carbocycles. The summed E-state index contributed by atoms with van der Waals surface area (Å²) in [7, 11) is 0. The van der Waals surface area contributed by atoms with Crippen molar-refractivity contribution < 1.29 is 9.59 Å². The summed E-state index contributed by atoms with van der Waals surface area (Å²) in [4.78, 5) is 28.6. The molecule has 1 saturated heterocycles. The Hall–Kier alpha value is -2.70. The smallest absolute Gasteiger partial charge is 0.234 e. The first-order chi connectivity index (χ1) is 13.7. The maximum Gasteiger partial charge on any atom is 0.234 e. The van der Waals surface area contributed by atoms with E-state index in [1.165, 1.54) is 0 Å². The van der Waals surface area contributed by atoms with Crippen LogP contribution in [0.15, 0.2) is 55.1 Å². The lowest BCUT2D eigenvalue weighted by atomic mass is 10.1. The van der Waals surface area contributed by atoms with Gasteiger partial charge in [-0.3, -0.25) is 14.5 Å². The molecule has 2 aromatic rings. The van der Waals surface area contributed by atoms with Crippen LogP contribution in [0.3, 0.4) is 0 Å². The van der Waals surface area contributed by atoms with E-state index in [2.05, 4.69) is 27.0 Å². The average molecular weight is 380 g/mol. The zero-order valence-electron chi connectivity index (χ0n) is 16.2. The van der Waals surface area contributed by atoms with Crippen molar-refractivity contribution in [1.29, 1.82) is 0 Å². The second-order valence-corrected chi connectivity index (χ2v) is 7.04. The largest absolute Gasteiger partial charge is 0.352 e. The first-order valence-corrected chi connectivity index (χ1v) is 9.75. The van der Waals surface area contributed by atoms with Gasteiger partial charge in [-0.1, -0.05) is 42.5 Å². The summed E-state index contributed by atoms with van der Waals surface area (Å²) in [5.74, 6) is 0.0606. The maximum absolute atomic E-state index is 12.4. The maximum atomic E-state index is 12.4. The van der Waals surface area contributed by atoms with Crippen molar-refractivity contribution in [3.8, 4) is 0 Å². The lowest BCUT2D eigenvalue weighted by molar-refractivity contribution is -0.122. The Morgan fingerprint density at radius 3 is 2.46 bits per heavy atom. The fourth-order valence-electron chi connectivity index (χ4n) is 3.42. The number of rotatable bonds is 8. The van der Waals surface area contributed by atoms with E-state index in [0.29, 0.717) is 19.5 Å². The minimum Gasteiger partial charge on any atom is -0.352 e. The summed E-state index contributed by atoms with van der Waals surface area (Å²) in [6, 6.07) is 14.0. The summed E-state index contributed by atoms with van der Waals surface area (Å²) >= 11 is 0. The van der Waals surface area contributed by atoms with E-state index in [1.54, 1.807) is 6.08 Å². The van der Waals surface area contributed by atoms with Gasteiger partial charge in [0.25, 0.3) is 0 Å². The van der Waals surface area contributed by atoms with Gasteiger partial charge in [0, 0.05) is 56.8 Å². The SMILES string of the molecule is C=CCNC(=O)CN1CCN(CCC(=O)Nc2cccc3ccccc23)CC1. The molecule has 0 spiro atoms. The molecule has 0 saturated carbocycles. The number of hydrogen-bond acceptors (Lipinski definition) is 4. The lowest BCUT2D eigenvalue weighted by Gasteiger charge is -2.34. The van der Waals surface area contributed by atoms with Crippen LogP contribution in [0.25, 0.3) is 10.8 Å². The van der Waals surface area contributed by atoms with Crippen LogP contribution in [-0.4, -0.2) is 67.4 Å². The van der Waals surface area contributed by atoms with E-state index in [4.69, 9.17) is 0 Å². The standard InChI is InChI=1S/C22H28N4O2/c1-2-11-23-22(28)17-26-15-13-25(14-16-26)12-10-21(27)24-20-9-5-7-18-6-3-4-8-19(18)20/h2-9H,1,10-17H2,(H,23,28)(H,24,27). The summed E-state index contributed by atoms with van der Waals surface area (Å²) < 4.78 is 0. The number of carbonyl (C=O) groups excluding carboxylic acids is 2. The summed E-state index contributed by atoms with van der Waals surface area (Å²) in [6.45, 7) is 8.67. The highest BCUT2D eigenvalue weighted by atomic mass is 16.2. The van der Waals surface area contributed by atoms with E-state index in [0.717, 1.165) is 49.2 Å². The zero-order valence-corrected chi connectivity index (χ0v) is 16.2. The van der Waals surface area contributed by atoms with Gasteiger partial charge in [0.1, 0.15) is 0 Å². The Morgan fingerprint density at radius 1 is 0.964 bits per heavy atom. The Morgan fingerprint density at radius 2 is 1.68 bits per heavy atom. The number of piperazine rings is 1. The van der Waals surface area contributed by atoms with Crippen LogP contribution in [-0.2, 0) is 9.59 Å². The van der Waals surface area contributed by atoms with Gasteiger partial charge in [0.15, 0.2) is 0 Å².